The van der Waals surface area contributed by atoms with Crippen molar-refractivity contribution in [2.75, 3.05) is 19.8 Å². The molecular weight excluding hydrogens is 214 g/mol. The van der Waals surface area contributed by atoms with Gasteiger partial charge in [0.05, 0.1) is 12.1 Å². The van der Waals surface area contributed by atoms with Crippen LogP contribution in [-0.4, -0.2) is 25.3 Å². The first-order valence-corrected chi connectivity index (χ1v) is 6.37. The lowest BCUT2D eigenvalue weighted by Gasteiger charge is -2.37. The summed E-state index contributed by atoms with van der Waals surface area (Å²) in [5.41, 5.74) is 1.40. The molecule has 2 aliphatic heterocycles. The minimum atomic E-state index is 0.0951. The first-order chi connectivity index (χ1) is 8.23. The Morgan fingerprint density at radius 3 is 3.24 bits per heavy atom. The predicted octanol–water partition coefficient (Wildman–Crippen LogP) is 2.31. The lowest BCUT2D eigenvalue weighted by atomic mass is 9.80. The molecule has 0 aliphatic carbocycles. The van der Waals surface area contributed by atoms with Crippen molar-refractivity contribution in [3.63, 3.8) is 0 Å². The largest absolute Gasteiger partial charge is 0.494 e. The monoisotopic (exact) mass is 233 g/mol. The molecule has 2 atom stereocenters. The molecule has 0 saturated carbocycles. The van der Waals surface area contributed by atoms with Gasteiger partial charge < -0.3 is 14.8 Å². The predicted molar refractivity (Wildman–Crippen MR) is 66.9 cm³/mol. The molecule has 0 spiro atoms. The SMILES string of the molecule is CCOc1ccc2c(c1)[C@@H]1CCN[C@]1(C)CO2. The highest BCUT2D eigenvalue weighted by Crippen LogP contribution is 2.45. The smallest absolute Gasteiger partial charge is 0.123 e. The number of fused-ring (bicyclic) bond motifs is 3. The molecule has 0 aromatic heterocycles. The van der Waals surface area contributed by atoms with Crippen LogP contribution in [0.3, 0.4) is 0 Å². The molecule has 1 fully saturated rings. The molecule has 2 aliphatic rings. The summed E-state index contributed by atoms with van der Waals surface area (Å²) in [6, 6.07) is 6.18. The lowest BCUT2D eigenvalue weighted by Crippen LogP contribution is -2.48. The summed E-state index contributed by atoms with van der Waals surface area (Å²) in [5, 5.41) is 3.56. The van der Waals surface area contributed by atoms with Crippen molar-refractivity contribution in [3.05, 3.63) is 23.8 Å². The topological polar surface area (TPSA) is 30.5 Å². The standard InChI is InChI=1S/C14H19NO2/c1-3-16-10-4-5-13-11(8-10)12-6-7-15-14(12,2)9-17-13/h4-5,8,12,15H,3,6-7,9H2,1-2H3/t12-,14+/m0/s1. The molecule has 17 heavy (non-hydrogen) atoms. The van der Waals surface area contributed by atoms with Crippen molar-refractivity contribution in [3.8, 4) is 11.5 Å². The third kappa shape index (κ3) is 1.69. The van der Waals surface area contributed by atoms with Crippen LogP contribution in [-0.2, 0) is 0 Å². The Bertz CT molecular complexity index is 432. The van der Waals surface area contributed by atoms with Crippen LogP contribution in [0, 0.1) is 0 Å². The van der Waals surface area contributed by atoms with Gasteiger partial charge >= 0.3 is 0 Å². The molecule has 1 N–H and O–H groups in total. The summed E-state index contributed by atoms with van der Waals surface area (Å²) in [7, 11) is 0. The van der Waals surface area contributed by atoms with Crippen LogP contribution in [0.15, 0.2) is 18.2 Å². The van der Waals surface area contributed by atoms with E-state index in [-0.39, 0.29) is 5.54 Å². The molecule has 3 heteroatoms. The van der Waals surface area contributed by atoms with Gasteiger partial charge in [0.15, 0.2) is 0 Å². The maximum absolute atomic E-state index is 5.86. The van der Waals surface area contributed by atoms with E-state index in [1.807, 2.05) is 19.1 Å². The number of rotatable bonds is 2. The summed E-state index contributed by atoms with van der Waals surface area (Å²) in [6.07, 6.45) is 1.18. The van der Waals surface area contributed by atoms with Crippen molar-refractivity contribution in [2.45, 2.75) is 31.7 Å². The van der Waals surface area contributed by atoms with Crippen LogP contribution < -0.4 is 14.8 Å². The third-order valence-electron chi connectivity index (χ3n) is 3.93. The zero-order chi connectivity index (χ0) is 11.9. The van der Waals surface area contributed by atoms with Crippen LogP contribution in [0.4, 0.5) is 0 Å². The highest BCUT2D eigenvalue weighted by Gasteiger charge is 2.44. The normalized spacial score (nSPS) is 30.4. The maximum Gasteiger partial charge on any atom is 0.123 e. The average molecular weight is 233 g/mol. The van der Waals surface area contributed by atoms with Crippen LogP contribution >= 0.6 is 0 Å². The molecule has 3 rings (SSSR count). The van der Waals surface area contributed by atoms with Crippen molar-refractivity contribution in [1.82, 2.24) is 5.32 Å². The molecule has 3 nitrogen and oxygen atoms in total. The fraction of sp³-hybridized carbons (Fsp3) is 0.571. The number of ether oxygens (including phenoxy) is 2. The summed E-state index contributed by atoms with van der Waals surface area (Å²) < 4.78 is 11.4. The number of hydrogen-bond acceptors (Lipinski definition) is 3. The van der Waals surface area contributed by atoms with E-state index < -0.39 is 0 Å². The van der Waals surface area contributed by atoms with Crippen LogP contribution in [0.25, 0.3) is 0 Å². The Hall–Kier alpha value is -1.22. The summed E-state index contributed by atoms with van der Waals surface area (Å²) in [4.78, 5) is 0. The molecule has 0 amide bonds. The Kier molecular flexibility index (Phi) is 2.51. The Labute approximate surface area is 102 Å². The van der Waals surface area contributed by atoms with Gasteiger partial charge in [0.1, 0.15) is 18.1 Å². The molecule has 1 saturated heterocycles. The van der Waals surface area contributed by atoms with Crippen LogP contribution in [0.2, 0.25) is 0 Å². The molecule has 1 aromatic rings. The van der Waals surface area contributed by atoms with Crippen molar-refractivity contribution >= 4 is 0 Å². The third-order valence-corrected chi connectivity index (χ3v) is 3.93. The first kappa shape index (κ1) is 10.9. The zero-order valence-corrected chi connectivity index (χ0v) is 10.5. The Balaban J connectivity index is 2.00. The highest BCUT2D eigenvalue weighted by molar-refractivity contribution is 5.46. The van der Waals surface area contributed by atoms with Crippen molar-refractivity contribution < 1.29 is 9.47 Å². The van der Waals surface area contributed by atoms with E-state index in [1.54, 1.807) is 0 Å². The second kappa shape index (κ2) is 3.91. The van der Waals surface area contributed by atoms with Gasteiger partial charge in [-0.2, -0.15) is 0 Å². The van der Waals surface area contributed by atoms with E-state index in [2.05, 4.69) is 18.3 Å². The Morgan fingerprint density at radius 1 is 1.53 bits per heavy atom. The number of hydrogen-bond donors (Lipinski definition) is 1. The second-order valence-electron chi connectivity index (χ2n) is 5.11. The van der Waals surface area contributed by atoms with Crippen LogP contribution in [0.5, 0.6) is 11.5 Å². The molecule has 0 unspecified atom stereocenters. The van der Waals surface area contributed by atoms with Gasteiger partial charge in [-0.25, -0.2) is 0 Å². The molecule has 2 heterocycles. The highest BCUT2D eigenvalue weighted by atomic mass is 16.5. The van der Waals surface area contributed by atoms with E-state index in [9.17, 15) is 0 Å². The van der Waals surface area contributed by atoms with Crippen LogP contribution in [0.1, 0.15) is 31.7 Å². The van der Waals surface area contributed by atoms with Gasteiger partial charge in [0.25, 0.3) is 0 Å². The van der Waals surface area contributed by atoms with E-state index in [0.29, 0.717) is 12.5 Å². The van der Waals surface area contributed by atoms with E-state index in [4.69, 9.17) is 9.47 Å². The molecule has 92 valence electrons. The fourth-order valence-corrected chi connectivity index (χ4v) is 3.01. The maximum atomic E-state index is 5.86. The number of benzene rings is 1. The van der Waals surface area contributed by atoms with Crippen molar-refractivity contribution in [2.24, 2.45) is 0 Å². The van der Waals surface area contributed by atoms with Gasteiger partial charge in [-0.05, 0) is 45.0 Å². The minimum absolute atomic E-state index is 0.0951. The van der Waals surface area contributed by atoms with Gasteiger partial charge in [-0.1, -0.05) is 0 Å². The van der Waals surface area contributed by atoms with Gasteiger partial charge in [-0.3, -0.25) is 0 Å². The van der Waals surface area contributed by atoms with Crippen molar-refractivity contribution in [1.29, 1.82) is 0 Å². The van der Waals surface area contributed by atoms with E-state index in [1.165, 1.54) is 12.0 Å². The quantitative estimate of drug-likeness (QED) is 0.850. The molecule has 0 radical (unpaired) electrons. The molecular formula is C14H19NO2. The minimum Gasteiger partial charge on any atom is -0.494 e. The average Bonchev–Trinajstić information content (AvgIpc) is 2.72. The van der Waals surface area contributed by atoms with Gasteiger partial charge in [0.2, 0.25) is 0 Å². The molecule has 1 aromatic carbocycles. The Morgan fingerprint density at radius 2 is 2.41 bits per heavy atom. The van der Waals surface area contributed by atoms with E-state index >= 15 is 0 Å². The summed E-state index contributed by atoms with van der Waals surface area (Å²) in [6.45, 7) is 6.81. The zero-order valence-electron chi connectivity index (χ0n) is 10.5. The summed E-state index contributed by atoms with van der Waals surface area (Å²) >= 11 is 0. The van der Waals surface area contributed by atoms with Gasteiger partial charge in [0, 0.05) is 11.5 Å². The lowest BCUT2D eigenvalue weighted by molar-refractivity contribution is 0.170. The molecule has 0 bridgehead atoms. The first-order valence-electron chi connectivity index (χ1n) is 6.37. The summed E-state index contributed by atoms with van der Waals surface area (Å²) in [5.74, 6) is 2.53. The fourth-order valence-electron chi connectivity index (χ4n) is 3.01. The van der Waals surface area contributed by atoms with E-state index in [0.717, 1.165) is 24.7 Å². The van der Waals surface area contributed by atoms with Gasteiger partial charge in [-0.15, -0.1) is 0 Å². The number of nitrogens with one attached hydrogen (secondary N) is 1. The second-order valence-corrected chi connectivity index (χ2v) is 5.11.